The molecule has 5 heteroatoms. The van der Waals surface area contributed by atoms with Gasteiger partial charge < -0.3 is 14.8 Å². The number of nitrogens with zero attached hydrogens (tertiary/aromatic N) is 3. The second-order valence-corrected chi connectivity index (χ2v) is 5.03. The van der Waals surface area contributed by atoms with E-state index in [9.17, 15) is 4.39 Å². The first-order chi connectivity index (χ1) is 9.52. The van der Waals surface area contributed by atoms with Crippen LogP contribution in [-0.4, -0.2) is 23.6 Å². The average molecular weight is 276 g/mol. The Hall–Kier alpha value is -1.88. The molecule has 0 spiro atoms. The smallest absolute Gasteiger partial charge is 0.146 e. The molecule has 2 rings (SSSR count). The highest BCUT2D eigenvalue weighted by atomic mass is 19.1. The van der Waals surface area contributed by atoms with E-state index in [4.69, 9.17) is 0 Å². The summed E-state index contributed by atoms with van der Waals surface area (Å²) in [6.07, 6.45) is 3.63. The predicted octanol–water partition coefficient (Wildman–Crippen LogP) is 2.48. The molecular weight excluding hydrogens is 255 g/mol. The molecule has 20 heavy (non-hydrogen) atoms. The van der Waals surface area contributed by atoms with Crippen LogP contribution in [0.2, 0.25) is 0 Å². The molecule has 0 bridgehead atoms. The molecule has 2 aromatic rings. The average Bonchev–Trinajstić information content (AvgIpc) is 2.83. The summed E-state index contributed by atoms with van der Waals surface area (Å²) in [5, 5.41) is 3.11. The van der Waals surface area contributed by atoms with Gasteiger partial charge in [-0.2, -0.15) is 0 Å². The van der Waals surface area contributed by atoms with Crippen molar-refractivity contribution in [1.29, 1.82) is 0 Å². The molecule has 0 saturated carbocycles. The fourth-order valence-corrected chi connectivity index (χ4v) is 2.11. The molecule has 1 atom stereocenters. The maximum Gasteiger partial charge on any atom is 0.146 e. The largest absolute Gasteiger partial charge is 0.365 e. The lowest BCUT2D eigenvalue weighted by atomic mass is 10.1. The second kappa shape index (κ2) is 6.05. The number of aryl methyl sites for hydroxylation is 1. The quantitative estimate of drug-likeness (QED) is 0.910. The Morgan fingerprint density at radius 3 is 2.75 bits per heavy atom. The molecule has 1 N–H and O–H groups in total. The van der Waals surface area contributed by atoms with Gasteiger partial charge in [-0.15, -0.1) is 0 Å². The summed E-state index contributed by atoms with van der Waals surface area (Å²) in [5.41, 5.74) is 1.53. The monoisotopic (exact) mass is 276 g/mol. The molecule has 0 aliphatic rings. The Morgan fingerprint density at radius 2 is 2.20 bits per heavy atom. The minimum absolute atomic E-state index is 0.137. The Morgan fingerprint density at radius 1 is 1.45 bits per heavy atom. The van der Waals surface area contributed by atoms with Crippen molar-refractivity contribution in [2.75, 3.05) is 19.0 Å². The van der Waals surface area contributed by atoms with Crippen molar-refractivity contribution < 1.29 is 4.39 Å². The van der Waals surface area contributed by atoms with Crippen LogP contribution >= 0.6 is 0 Å². The van der Waals surface area contributed by atoms with Gasteiger partial charge in [0.2, 0.25) is 0 Å². The van der Waals surface area contributed by atoms with E-state index in [-0.39, 0.29) is 11.9 Å². The first kappa shape index (κ1) is 14.5. The summed E-state index contributed by atoms with van der Waals surface area (Å²) in [7, 11) is 5.67. The highest BCUT2D eigenvalue weighted by Crippen LogP contribution is 2.23. The number of hydrogen-bond acceptors (Lipinski definition) is 3. The van der Waals surface area contributed by atoms with Crippen LogP contribution in [0.4, 0.5) is 10.1 Å². The predicted molar refractivity (Wildman–Crippen MR) is 79.2 cm³/mol. The third-order valence-electron chi connectivity index (χ3n) is 3.62. The molecule has 108 valence electrons. The van der Waals surface area contributed by atoms with Crippen LogP contribution in [0.5, 0.6) is 0 Å². The summed E-state index contributed by atoms with van der Waals surface area (Å²) in [5.74, 6) is 0.695. The lowest BCUT2D eigenvalue weighted by Crippen LogP contribution is -2.20. The van der Waals surface area contributed by atoms with E-state index in [1.165, 1.54) is 0 Å². The Labute approximate surface area is 119 Å². The molecule has 0 fully saturated rings. The lowest BCUT2D eigenvalue weighted by Gasteiger charge is -2.21. The maximum atomic E-state index is 14.2. The zero-order chi connectivity index (χ0) is 14.7. The van der Waals surface area contributed by atoms with E-state index in [0.717, 1.165) is 11.4 Å². The molecule has 0 aliphatic carbocycles. The molecule has 1 aromatic heterocycles. The van der Waals surface area contributed by atoms with Crippen LogP contribution < -0.4 is 10.2 Å². The molecule has 1 unspecified atom stereocenters. The molecule has 0 amide bonds. The van der Waals surface area contributed by atoms with Crippen molar-refractivity contribution in [2.24, 2.45) is 7.05 Å². The van der Waals surface area contributed by atoms with Gasteiger partial charge in [0.1, 0.15) is 11.6 Å². The van der Waals surface area contributed by atoms with E-state index in [1.807, 2.05) is 55.9 Å². The van der Waals surface area contributed by atoms with E-state index in [2.05, 4.69) is 10.3 Å². The van der Waals surface area contributed by atoms with Crippen molar-refractivity contribution in [3.05, 3.63) is 47.8 Å². The van der Waals surface area contributed by atoms with Crippen molar-refractivity contribution in [2.45, 2.75) is 19.5 Å². The molecule has 0 saturated heterocycles. The zero-order valence-corrected chi connectivity index (χ0v) is 12.4. The van der Waals surface area contributed by atoms with E-state index >= 15 is 0 Å². The fourth-order valence-electron chi connectivity index (χ4n) is 2.11. The van der Waals surface area contributed by atoms with Crippen LogP contribution in [-0.2, 0) is 13.6 Å². The van der Waals surface area contributed by atoms with E-state index in [0.29, 0.717) is 12.2 Å². The van der Waals surface area contributed by atoms with Gasteiger partial charge in [-0.25, -0.2) is 9.37 Å². The standard InChI is InChI=1S/C15H21FN4/c1-11(17-2)12-5-6-14(13(16)9-12)20(4)10-15-18-7-8-19(15)3/h5-9,11,17H,10H2,1-4H3. The van der Waals surface area contributed by atoms with Gasteiger partial charge in [-0.05, 0) is 31.7 Å². The van der Waals surface area contributed by atoms with Crippen molar-refractivity contribution in [3.63, 3.8) is 0 Å². The minimum Gasteiger partial charge on any atom is -0.365 e. The third kappa shape index (κ3) is 2.99. The second-order valence-electron chi connectivity index (χ2n) is 5.03. The van der Waals surface area contributed by atoms with Gasteiger partial charge in [0.15, 0.2) is 0 Å². The maximum absolute atomic E-state index is 14.2. The van der Waals surface area contributed by atoms with E-state index < -0.39 is 0 Å². The number of halogens is 1. The number of imidazole rings is 1. The van der Waals surface area contributed by atoms with Gasteiger partial charge in [0, 0.05) is 32.5 Å². The van der Waals surface area contributed by atoms with Crippen LogP contribution in [0.1, 0.15) is 24.4 Å². The van der Waals surface area contributed by atoms with Gasteiger partial charge in [-0.1, -0.05) is 6.07 Å². The number of nitrogens with one attached hydrogen (secondary N) is 1. The fraction of sp³-hybridized carbons (Fsp3) is 0.400. The normalized spacial score (nSPS) is 12.4. The molecule has 0 aliphatic heterocycles. The Balaban J connectivity index is 2.18. The number of aromatic nitrogens is 2. The van der Waals surface area contributed by atoms with Crippen LogP contribution in [0.25, 0.3) is 0 Å². The number of rotatable bonds is 5. The highest BCUT2D eigenvalue weighted by Gasteiger charge is 2.12. The van der Waals surface area contributed by atoms with Gasteiger partial charge >= 0.3 is 0 Å². The summed E-state index contributed by atoms with van der Waals surface area (Å²) < 4.78 is 16.2. The van der Waals surface area contributed by atoms with Gasteiger partial charge in [-0.3, -0.25) is 0 Å². The summed E-state index contributed by atoms with van der Waals surface area (Å²) in [4.78, 5) is 6.13. The Bertz CT molecular complexity index is 579. The van der Waals surface area contributed by atoms with Crippen molar-refractivity contribution in [3.8, 4) is 0 Å². The number of benzene rings is 1. The summed E-state index contributed by atoms with van der Waals surface area (Å²) in [6, 6.07) is 5.50. The molecule has 1 heterocycles. The number of anilines is 1. The molecule has 4 nitrogen and oxygen atoms in total. The van der Waals surface area contributed by atoms with Crippen molar-refractivity contribution in [1.82, 2.24) is 14.9 Å². The van der Waals surface area contributed by atoms with Crippen LogP contribution in [0.15, 0.2) is 30.6 Å². The molecule has 0 radical (unpaired) electrons. The SMILES string of the molecule is CNC(C)c1ccc(N(C)Cc2nccn2C)c(F)c1. The Kier molecular flexibility index (Phi) is 4.39. The molecule has 1 aromatic carbocycles. The van der Waals surface area contributed by atoms with Crippen LogP contribution in [0, 0.1) is 5.82 Å². The lowest BCUT2D eigenvalue weighted by molar-refractivity contribution is 0.603. The third-order valence-corrected chi connectivity index (χ3v) is 3.62. The summed E-state index contributed by atoms with van der Waals surface area (Å²) in [6.45, 7) is 2.58. The summed E-state index contributed by atoms with van der Waals surface area (Å²) >= 11 is 0. The van der Waals surface area contributed by atoms with Crippen LogP contribution in [0.3, 0.4) is 0 Å². The zero-order valence-electron chi connectivity index (χ0n) is 12.4. The molecular formula is C15H21FN4. The first-order valence-electron chi connectivity index (χ1n) is 6.67. The first-order valence-corrected chi connectivity index (χ1v) is 6.67. The number of hydrogen-bond donors (Lipinski definition) is 1. The highest BCUT2D eigenvalue weighted by molar-refractivity contribution is 5.49. The van der Waals surface area contributed by atoms with Gasteiger partial charge in [0.05, 0.1) is 12.2 Å². The van der Waals surface area contributed by atoms with E-state index in [1.54, 1.807) is 12.3 Å². The topological polar surface area (TPSA) is 33.1 Å². The van der Waals surface area contributed by atoms with Crippen molar-refractivity contribution >= 4 is 5.69 Å². The van der Waals surface area contributed by atoms with Gasteiger partial charge in [0.25, 0.3) is 0 Å². The minimum atomic E-state index is -0.207.